The summed E-state index contributed by atoms with van der Waals surface area (Å²) in [5.74, 6) is 1.23. The summed E-state index contributed by atoms with van der Waals surface area (Å²) in [6.07, 6.45) is 2.56. The number of hydrogen-bond donors (Lipinski definition) is 0. The van der Waals surface area contributed by atoms with Gasteiger partial charge in [-0.25, -0.2) is 13.4 Å². The molecule has 0 amide bonds. The summed E-state index contributed by atoms with van der Waals surface area (Å²) in [6, 6.07) is 19.0. The molecule has 4 aromatic rings. The molecule has 0 saturated heterocycles. The summed E-state index contributed by atoms with van der Waals surface area (Å²) in [5, 5.41) is 7.49. The summed E-state index contributed by atoms with van der Waals surface area (Å²) in [5.41, 5.74) is 1.36. The fraction of sp³-hybridized carbons (Fsp3) is 0.0952. The van der Waals surface area contributed by atoms with E-state index in [9.17, 15) is 8.42 Å². The molecule has 0 aliphatic heterocycles. The van der Waals surface area contributed by atoms with Crippen LogP contribution in [0.15, 0.2) is 88.6 Å². The Morgan fingerprint density at radius 2 is 1.77 bits per heavy atom. The maximum Gasteiger partial charge on any atom is 0.265 e. The molecule has 0 aliphatic rings. The van der Waals surface area contributed by atoms with Crippen LogP contribution < -0.4 is 9.04 Å². The van der Waals surface area contributed by atoms with Crippen molar-refractivity contribution in [2.24, 2.45) is 0 Å². The van der Waals surface area contributed by atoms with Gasteiger partial charge in [-0.15, -0.1) is 10.2 Å². The van der Waals surface area contributed by atoms with Crippen LogP contribution in [0.1, 0.15) is 6.92 Å². The Labute approximate surface area is 173 Å². The van der Waals surface area contributed by atoms with Crippen molar-refractivity contribution in [3.63, 3.8) is 0 Å². The number of ether oxygens (including phenoxy) is 1. The van der Waals surface area contributed by atoms with E-state index >= 15 is 0 Å². The zero-order valence-corrected chi connectivity index (χ0v) is 16.9. The van der Waals surface area contributed by atoms with Crippen molar-refractivity contribution in [1.29, 1.82) is 0 Å². The lowest BCUT2D eigenvalue weighted by atomic mass is 10.2. The number of anilines is 1. The molecule has 0 atom stereocenters. The highest BCUT2D eigenvalue weighted by molar-refractivity contribution is 7.92. The van der Waals surface area contributed by atoms with Crippen molar-refractivity contribution in [2.75, 3.05) is 10.8 Å². The number of hydrogen-bond acceptors (Lipinski definition) is 7. The first-order valence-corrected chi connectivity index (χ1v) is 10.6. The fourth-order valence-corrected chi connectivity index (χ4v) is 4.30. The van der Waals surface area contributed by atoms with Crippen LogP contribution >= 0.6 is 0 Å². The molecule has 30 heavy (non-hydrogen) atoms. The van der Waals surface area contributed by atoms with E-state index in [4.69, 9.17) is 9.15 Å². The van der Waals surface area contributed by atoms with Crippen LogP contribution in [-0.2, 0) is 10.0 Å². The number of para-hydroxylation sites is 1. The van der Waals surface area contributed by atoms with E-state index in [2.05, 4.69) is 15.2 Å². The molecule has 2 aromatic carbocycles. The third kappa shape index (κ3) is 4.01. The first-order valence-electron chi connectivity index (χ1n) is 9.16. The van der Waals surface area contributed by atoms with E-state index in [1.54, 1.807) is 55.5 Å². The van der Waals surface area contributed by atoms with Gasteiger partial charge in [-0.3, -0.25) is 4.31 Å². The zero-order chi connectivity index (χ0) is 21.0. The Balaban J connectivity index is 1.51. The highest BCUT2D eigenvalue weighted by Gasteiger charge is 2.24. The molecule has 0 unspecified atom stereocenters. The predicted octanol–water partition coefficient (Wildman–Crippen LogP) is 4.14. The van der Waals surface area contributed by atoms with Gasteiger partial charge < -0.3 is 9.15 Å². The van der Waals surface area contributed by atoms with Gasteiger partial charge in [0.15, 0.2) is 0 Å². The van der Waals surface area contributed by atoms with Crippen molar-refractivity contribution in [2.45, 2.75) is 11.8 Å². The number of aromatic nitrogens is 3. The summed E-state index contributed by atoms with van der Waals surface area (Å²) in [7, 11) is -3.73. The Morgan fingerprint density at radius 1 is 1.00 bits per heavy atom. The molecule has 4 rings (SSSR count). The lowest BCUT2D eigenvalue weighted by molar-refractivity contribution is 0.462. The standard InChI is InChI=1S/C21H18N4O4S/c1-2-25(17-6-4-3-5-7-17)30(26,27)19-12-13-20(22-14-19)29-18-10-8-16(9-11-18)21-24-23-15-28-21/h3-15H,2H2,1H3. The normalized spacial score (nSPS) is 11.2. The third-order valence-electron chi connectivity index (χ3n) is 4.31. The van der Waals surface area contributed by atoms with Crippen LogP contribution in [-0.4, -0.2) is 30.1 Å². The van der Waals surface area contributed by atoms with Gasteiger partial charge in [0.1, 0.15) is 10.6 Å². The van der Waals surface area contributed by atoms with Gasteiger partial charge in [-0.05, 0) is 49.4 Å². The highest BCUT2D eigenvalue weighted by Crippen LogP contribution is 2.26. The molecule has 152 valence electrons. The maximum absolute atomic E-state index is 13.0. The van der Waals surface area contributed by atoms with Crippen LogP contribution in [0.25, 0.3) is 11.5 Å². The third-order valence-corrected chi connectivity index (χ3v) is 6.20. The van der Waals surface area contributed by atoms with Gasteiger partial charge in [-0.2, -0.15) is 0 Å². The van der Waals surface area contributed by atoms with E-state index in [-0.39, 0.29) is 10.8 Å². The minimum Gasteiger partial charge on any atom is -0.439 e. The van der Waals surface area contributed by atoms with Gasteiger partial charge in [0.2, 0.25) is 18.2 Å². The lowest BCUT2D eigenvalue weighted by Crippen LogP contribution is -2.30. The van der Waals surface area contributed by atoms with E-state index in [0.717, 1.165) is 5.56 Å². The number of pyridine rings is 1. The van der Waals surface area contributed by atoms with Gasteiger partial charge >= 0.3 is 0 Å². The van der Waals surface area contributed by atoms with E-state index in [1.807, 2.05) is 6.07 Å². The Kier molecular flexibility index (Phi) is 5.44. The average molecular weight is 422 g/mol. The topological polar surface area (TPSA) is 98.4 Å². The number of nitrogens with zero attached hydrogens (tertiary/aromatic N) is 4. The smallest absolute Gasteiger partial charge is 0.265 e. The van der Waals surface area contributed by atoms with Gasteiger partial charge in [0.25, 0.3) is 10.0 Å². The number of sulfonamides is 1. The first kappa shape index (κ1) is 19.6. The van der Waals surface area contributed by atoms with E-state index in [1.165, 1.54) is 29.0 Å². The minimum atomic E-state index is -3.73. The van der Waals surface area contributed by atoms with Crippen LogP contribution in [0.5, 0.6) is 11.6 Å². The zero-order valence-electron chi connectivity index (χ0n) is 16.0. The number of benzene rings is 2. The first-order chi connectivity index (χ1) is 14.6. The van der Waals surface area contributed by atoms with Crippen molar-refractivity contribution in [1.82, 2.24) is 15.2 Å². The molecule has 0 radical (unpaired) electrons. The van der Waals surface area contributed by atoms with Crippen LogP contribution in [0, 0.1) is 0 Å². The van der Waals surface area contributed by atoms with Crippen molar-refractivity contribution in [3.05, 3.63) is 79.3 Å². The predicted molar refractivity (Wildman–Crippen MR) is 111 cm³/mol. The fourth-order valence-electron chi connectivity index (χ4n) is 2.88. The monoisotopic (exact) mass is 422 g/mol. The largest absolute Gasteiger partial charge is 0.439 e. The second-order valence-electron chi connectivity index (χ2n) is 6.21. The molecule has 0 bridgehead atoms. The summed E-state index contributed by atoms with van der Waals surface area (Å²) < 4.78 is 38.2. The van der Waals surface area contributed by atoms with Crippen molar-refractivity contribution < 1.29 is 17.6 Å². The van der Waals surface area contributed by atoms with Crippen LogP contribution in [0.4, 0.5) is 5.69 Å². The van der Waals surface area contributed by atoms with Crippen molar-refractivity contribution in [3.8, 4) is 23.1 Å². The summed E-state index contributed by atoms with van der Waals surface area (Å²) in [4.78, 5) is 4.24. The SMILES string of the molecule is CCN(c1ccccc1)S(=O)(=O)c1ccc(Oc2ccc(-c3nnco3)cc2)nc1. The lowest BCUT2D eigenvalue weighted by Gasteiger charge is -2.22. The van der Waals surface area contributed by atoms with Gasteiger partial charge in [-0.1, -0.05) is 18.2 Å². The Morgan fingerprint density at radius 3 is 2.37 bits per heavy atom. The molecule has 0 N–H and O–H groups in total. The molecule has 0 saturated carbocycles. The quantitative estimate of drug-likeness (QED) is 0.441. The van der Waals surface area contributed by atoms with E-state index < -0.39 is 10.0 Å². The molecule has 2 aromatic heterocycles. The highest BCUT2D eigenvalue weighted by atomic mass is 32.2. The molecular weight excluding hydrogens is 404 g/mol. The Bertz CT molecular complexity index is 1190. The number of rotatable bonds is 7. The average Bonchev–Trinajstić information content (AvgIpc) is 3.31. The maximum atomic E-state index is 13.0. The molecule has 0 spiro atoms. The molecule has 9 heteroatoms. The van der Waals surface area contributed by atoms with Crippen molar-refractivity contribution >= 4 is 15.7 Å². The summed E-state index contributed by atoms with van der Waals surface area (Å²) in [6.45, 7) is 2.09. The Hall–Kier alpha value is -3.72. The summed E-state index contributed by atoms with van der Waals surface area (Å²) >= 11 is 0. The second-order valence-corrected chi connectivity index (χ2v) is 8.07. The van der Waals surface area contributed by atoms with Crippen LogP contribution in [0.2, 0.25) is 0 Å². The molecule has 0 fully saturated rings. The van der Waals surface area contributed by atoms with Crippen LogP contribution in [0.3, 0.4) is 0 Å². The minimum absolute atomic E-state index is 0.0901. The second kappa shape index (κ2) is 8.34. The van der Waals surface area contributed by atoms with E-state index in [0.29, 0.717) is 23.9 Å². The van der Waals surface area contributed by atoms with Gasteiger partial charge in [0, 0.05) is 18.2 Å². The molecule has 0 aliphatic carbocycles. The molecule has 8 nitrogen and oxygen atoms in total. The molecular formula is C21H18N4O4S. The van der Waals surface area contributed by atoms with Gasteiger partial charge in [0.05, 0.1) is 11.9 Å². The molecule has 2 heterocycles.